The zero-order valence-electron chi connectivity index (χ0n) is 12.8. The first-order valence-electron chi connectivity index (χ1n) is 8.43. The van der Waals surface area contributed by atoms with Crippen molar-refractivity contribution in [2.75, 3.05) is 6.61 Å². The Kier molecular flexibility index (Phi) is 3.87. The Morgan fingerprint density at radius 2 is 1.95 bits per heavy atom. The van der Waals surface area contributed by atoms with Gasteiger partial charge in [-0.2, -0.15) is 0 Å². The number of benzene rings is 1. The van der Waals surface area contributed by atoms with Crippen molar-refractivity contribution in [3.8, 4) is 0 Å². The topological polar surface area (TPSA) is 12.5 Å². The Labute approximate surface area is 134 Å². The molecule has 0 N–H and O–H groups in total. The van der Waals surface area contributed by atoms with Crippen molar-refractivity contribution >= 4 is 19.4 Å². The van der Waals surface area contributed by atoms with Gasteiger partial charge in [-0.3, -0.25) is 0 Å². The summed E-state index contributed by atoms with van der Waals surface area (Å²) >= 11 is 0.546. The van der Waals surface area contributed by atoms with Crippen molar-refractivity contribution in [3.63, 3.8) is 0 Å². The van der Waals surface area contributed by atoms with E-state index >= 15 is 0 Å². The number of hydrogen-bond donors (Lipinski definition) is 0. The van der Waals surface area contributed by atoms with Crippen LogP contribution in [0.1, 0.15) is 45.4 Å². The van der Waals surface area contributed by atoms with Gasteiger partial charge >= 0.3 is 134 Å². The Balaban J connectivity index is 1.52. The maximum absolute atomic E-state index is 6.23. The Hall–Kier alpha value is -0.341. The van der Waals surface area contributed by atoms with Gasteiger partial charge in [0.25, 0.3) is 0 Å². The van der Waals surface area contributed by atoms with Crippen molar-refractivity contribution in [1.82, 2.24) is 5.06 Å². The molecule has 2 saturated heterocycles. The van der Waals surface area contributed by atoms with Crippen molar-refractivity contribution in [2.24, 2.45) is 5.92 Å². The fraction of sp³-hybridized carbons (Fsp3) is 0.667. The fourth-order valence-electron chi connectivity index (χ4n) is 4.77. The second-order valence-electron chi connectivity index (χ2n) is 6.91. The number of hydrogen-bond acceptors (Lipinski definition) is 2. The molecule has 0 amide bonds. The third kappa shape index (κ3) is 2.39. The summed E-state index contributed by atoms with van der Waals surface area (Å²) in [5.41, 5.74) is 0.421. The van der Waals surface area contributed by atoms with E-state index in [4.69, 9.17) is 4.84 Å². The second-order valence-corrected chi connectivity index (χ2v) is 9.95. The van der Waals surface area contributed by atoms with Crippen molar-refractivity contribution in [1.29, 1.82) is 0 Å². The summed E-state index contributed by atoms with van der Waals surface area (Å²) in [6.45, 7) is 3.43. The summed E-state index contributed by atoms with van der Waals surface area (Å²) in [7, 11) is 0. The maximum atomic E-state index is 6.23. The first kappa shape index (κ1) is 14.3. The minimum absolute atomic E-state index is 0.421. The Morgan fingerprint density at radius 3 is 2.76 bits per heavy atom. The molecule has 2 aliphatic heterocycles. The molecule has 1 aliphatic carbocycles. The molecule has 4 rings (SSSR count). The molecule has 1 saturated carbocycles. The fourth-order valence-corrected chi connectivity index (χ4v) is 7.18. The van der Waals surface area contributed by atoms with Gasteiger partial charge in [0.2, 0.25) is 0 Å². The van der Waals surface area contributed by atoms with Gasteiger partial charge in [0, 0.05) is 0 Å². The summed E-state index contributed by atoms with van der Waals surface area (Å²) in [4.78, 5) is 6.96. The molecule has 2 nitrogen and oxygen atoms in total. The molecule has 4 atom stereocenters. The normalized spacial score (nSPS) is 37.2. The zero-order chi connectivity index (χ0) is 14.3. The average Bonchev–Trinajstić information content (AvgIpc) is 3.04. The predicted molar refractivity (Wildman–Crippen MR) is 86.8 cm³/mol. The third-order valence-corrected chi connectivity index (χ3v) is 8.37. The van der Waals surface area contributed by atoms with Crippen LogP contribution in [0.5, 0.6) is 0 Å². The van der Waals surface area contributed by atoms with Gasteiger partial charge in [0.15, 0.2) is 0 Å². The van der Waals surface area contributed by atoms with Crippen molar-refractivity contribution in [3.05, 3.63) is 30.3 Å². The van der Waals surface area contributed by atoms with Crippen LogP contribution in [0.3, 0.4) is 0 Å². The molecule has 0 bridgehead atoms. The number of rotatable bonds is 3. The first-order chi connectivity index (χ1) is 10.3. The quantitative estimate of drug-likeness (QED) is 0.777. The van der Waals surface area contributed by atoms with Gasteiger partial charge in [-0.25, -0.2) is 0 Å². The molecule has 1 unspecified atom stereocenters. The molecular weight excluding hydrogens is 325 g/mol. The molecule has 3 fully saturated rings. The van der Waals surface area contributed by atoms with E-state index in [1.807, 2.05) is 0 Å². The molecule has 114 valence electrons. The Bertz CT molecular complexity index is 493. The molecular formula is C18H25NOSe. The van der Waals surface area contributed by atoms with E-state index in [0.29, 0.717) is 26.5 Å². The summed E-state index contributed by atoms with van der Waals surface area (Å²) in [6.07, 6.45) is 8.27. The predicted octanol–water partition coefficient (Wildman–Crippen LogP) is 3.16. The van der Waals surface area contributed by atoms with E-state index in [1.54, 1.807) is 0 Å². The van der Waals surface area contributed by atoms with Crippen molar-refractivity contribution in [2.45, 2.75) is 61.8 Å². The molecule has 3 aliphatic rings. The number of nitrogens with zero attached hydrogens (tertiary/aromatic N) is 1. The van der Waals surface area contributed by atoms with Crippen LogP contribution in [0.25, 0.3) is 0 Å². The SMILES string of the molecule is CC([Se]c1ccccc1)[C@H]1CCC[C@]23CCC[C@H]2CON13. The first-order valence-corrected chi connectivity index (χ1v) is 10.3. The molecule has 21 heavy (non-hydrogen) atoms. The van der Waals surface area contributed by atoms with Crippen LogP contribution >= 0.6 is 0 Å². The van der Waals surface area contributed by atoms with E-state index in [2.05, 4.69) is 42.3 Å². The van der Waals surface area contributed by atoms with Crippen molar-refractivity contribution < 1.29 is 4.84 Å². The van der Waals surface area contributed by atoms with Gasteiger partial charge in [-0.1, -0.05) is 0 Å². The van der Waals surface area contributed by atoms with Crippen LogP contribution in [0.2, 0.25) is 4.82 Å². The minimum atomic E-state index is 0.421. The summed E-state index contributed by atoms with van der Waals surface area (Å²) in [5.74, 6) is 0.816. The van der Waals surface area contributed by atoms with Crippen LogP contribution in [-0.4, -0.2) is 38.2 Å². The molecule has 3 heteroatoms. The van der Waals surface area contributed by atoms with E-state index in [1.165, 1.54) is 43.0 Å². The van der Waals surface area contributed by atoms with Gasteiger partial charge in [0.05, 0.1) is 0 Å². The summed E-state index contributed by atoms with van der Waals surface area (Å²) < 4.78 is 1.53. The van der Waals surface area contributed by atoms with E-state index < -0.39 is 0 Å². The molecule has 2 heterocycles. The molecule has 0 radical (unpaired) electrons. The van der Waals surface area contributed by atoms with E-state index in [9.17, 15) is 0 Å². The van der Waals surface area contributed by atoms with Gasteiger partial charge in [-0.05, 0) is 0 Å². The van der Waals surface area contributed by atoms with E-state index in [-0.39, 0.29) is 0 Å². The molecule has 0 aromatic heterocycles. The Morgan fingerprint density at radius 1 is 1.19 bits per heavy atom. The second kappa shape index (κ2) is 5.70. The summed E-state index contributed by atoms with van der Waals surface area (Å²) in [6, 6.07) is 11.7. The van der Waals surface area contributed by atoms with Gasteiger partial charge in [-0.15, -0.1) is 0 Å². The van der Waals surface area contributed by atoms with Crippen LogP contribution in [0.15, 0.2) is 30.3 Å². The van der Waals surface area contributed by atoms with Crippen LogP contribution in [-0.2, 0) is 4.84 Å². The van der Waals surface area contributed by atoms with E-state index in [0.717, 1.165) is 17.3 Å². The zero-order valence-corrected chi connectivity index (χ0v) is 14.5. The number of piperidine rings is 1. The average molecular weight is 350 g/mol. The van der Waals surface area contributed by atoms with Gasteiger partial charge < -0.3 is 0 Å². The standard InChI is InChI=1S/C18H25NOSe/c1-14(21-16-8-3-2-4-9-16)17-10-6-12-18-11-5-7-15(18)13-20-19(17)18/h2-4,8-9,14-15,17H,5-7,10-13H2,1H3/t14?,15-,17+,18+/m0/s1. The van der Waals surface area contributed by atoms with Crippen LogP contribution in [0, 0.1) is 5.92 Å². The third-order valence-electron chi connectivity index (χ3n) is 5.79. The van der Waals surface area contributed by atoms with Crippen LogP contribution < -0.4 is 4.46 Å². The van der Waals surface area contributed by atoms with Crippen LogP contribution in [0.4, 0.5) is 0 Å². The van der Waals surface area contributed by atoms with Gasteiger partial charge in [0.1, 0.15) is 0 Å². The molecule has 1 aromatic carbocycles. The molecule has 1 aromatic rings. The number of hydroxylamine groups is 2. The molecule has 1 spiro atoms. The monoisotopic (exact) mass is 351 g/mol. The summed E-state index contributed by atoms with van der Waals surface area (Å²) in [5, 5.41) is 2.50.